The first-order valence-corrected chi connectivity index (χ1v) is 6.85. The van der Waals surface area contributed by atoms with Crippen molar-refractivity contribution in [1.29, 1.82) is 0 Å². The van der Waals surface area contributed by atoms with Crippen molar-refractivity contribution in [3.05, 3.63) is 73.3 Å². The summed E-state index contributed by atoms with van der Waals surface area (Å²) in [7, 11) is 0. The van der Waals surface area contributed by atoms with Crippen molar-refractivity contribution in [2.45, 2.75) is 6.92 Å². The maximum atomic E-state index is 12.0. The number of hydrogen-bond donors (Lipinski definition) is 2. The van der Waals surface area contributed by atoms with Gasteiger partial charge in [0.05, 0.1) is 27.7 Å². The predicted octanol–water partition coefficient (Wildman–Crippen LogP) is 2.28. The average molecular weight is 344 g/mol. The van der Waals surface area contributed by atoms with Crippen molar-refractivity contribution in [3.8, 4) is 5.75 Å². The molecular formula is C15H12N4O6. The predicted molar refractivity (Wildman–Crippen MR) is 87.7 cm³/mol. The van der Waals surface area contributed by atoms with E-state index in [4.69, 9.17) is 0 Å². The van der Waals surface area contributed by atoms with Crippen molar-refractivity contribution >= 4 is 23.5 Å². The highest BCUT2D eigenvalue weighted by Crippen LogP contribution is 2.22. The molecule has 0 aromatic heterocycles. The van der Waals surface area contributed by atoms with Crippen molar-refractivity contribution < 1.29 is 19.7 Å². The van der Waals surface area contributed by atoms with Gasteiger partial charge >= 0.3 is 0 Å². The van der Waals surface area contributed by atoms with Gasteiger partial charge in [-0.3, -0.25) is 25.0 Å². The van der Waals surface area contributed by atoms with E-state index >= 15 is 0 Å². The number of hydrogen-bond acceptors (Lipinski definition) is 7. The van der Waals surface area contributed by atoms with Crippen molar-refractivity contribution in [3.63, 3.8) is 0 Å². The fourth-order valence-corrected chi connectivity index (χ4v) is 1.94. The smallest absolute Gasteiger partial charge is 0.277 e. The number of carbonyl (C=O) groups is 1. The van der Waals surface area contributed by atoms with Gasteiger partial charge in [-0.25, -0.2) is 5.43 Å². The van der Waals surface area contributed by atoms with Crippen LogP contribution in [0, 0.1) is 27.2 Å². The molecule has 25 heavy (non-hydrogen) atoms. The van der Waals surface area contributed by atoms with E-state index in [1.54, 1.807) is 19.1 Å². The first kappa shape index (κ1) is 17.5. The Hall–Kier alpha value is -3.82. The number of nitrogens with zero attached hydrogens (tertiary/aromatic N) is 3. The number of amides is 1. The summed E-state index contributed by atoms with van der Waals surface area (Å²) in [6, 6.07) is 7.34. The summed E-state index contributed by atoms with van der Waals surface area (Å²) in [5, 5.41) is 34.9. The van der Waals surface area contributed by atoms with Gasteiger partial charge in [0.2, 0.25) is 0 Å². The molecule has 0 spiro atoms. The minimum atomic E-state index is -0.866. The van der Waals surface area contributed by atoms with Gasteiger partial charge < -0.3 is 5.11 Å². The number of phenols is 1. The molecule has 0 aliphatic carbocycles. The van der Waals surface area contributed by atoms with Gasteiger partial charge in [-0.1, -0.05) is 11.6 Å². The second kappa shape index (κ2) is 7.17. The van der Waals surface area contributed by atoms with Gasteiger partial charge in [0.25, 0.3) is 17.3 Å². The Balaban J connectivity index is 2.23. The van der Waals surface area contributed by atoms with Crippen LogP contribution in [0.3, 0.4) is 0 Å². The number of rotatable bonds is 5. The number of carbonyl (C=O) groups excluding carboxylic acids is 1. The van der Waals surface area contributed by atoms with Crippen LogP contribution in [0.25, 0.3) is 0 Å². The topological polar surface area (TPSA) is 148 Å². The Bertz CT molecular complexity index is 861. The van der Waals surface area contributed by atoms with E-state index in [0.29, 0.717) is 5.56 Å². The molecule has 0 saturated carbocycles. The largest absolute Gasteiger partial charge is 0.507 e. The highest BCUT2D eigenvalue weighted by molar-refractivity contribution is 5.96. The lowest BCUT2D eigenvalue weighted by molar-refractivity contribution is -0.394. The van der Waals surface area contributed by atoms with Crippen LogP contribution in [0.2, 0.25) is 0 Å². The van der Waals surface area contributed by atoms with Crippen molar-refractivity contribution in [2.75, 3.05) is 0 Å². The van der Waals surface area contributed by atoms with Gasteiger partial charge in [0.1, 0.15) is 5.75 Å². The second-order valence-electron chi connectivity index (χ2n) is 5.01. The molecule has 0 radical (unpaired) electrons. The lowest BCUT2D eigenvalue weighted by Crippen LogP contribution is -2.18. The molecule has 0 aliphatic heterocycles. The second-order valence-corrected chi connectivity index (χ2v) is 5.01. The number of benzene rings is 2. The van der Waals surface area contributed by atoms with E-state index in [2.05, 4.69) is 10.5 Å². The Morgan fingerprint density at radius 3 is 2.28 bits per heavy atom. The molecule has 2 aromatic rings. The summed E-state index contributed by atoms with van der Waals surface area (Å²) in [6.45, 7) is 1.80. The normalized spacial score (nSPS) is 10.6. The van der Waals surface area contributed by atoms with Crippen LogP contribution < -0.4 is 5.43 Å². The summed E-state index contributed by atoms with van der Waals surface area (Å²) < 4.78 is 0. The summed E-state index contributed by atoms with van der Waals surface area (Å²) in [6.07, 6.45) is 1.19. The van der Waals surface area contributed by atoms with Crippen LogP contribution in [-0.2, 0) is 0 Å². The minimum Gasteiger partial charge on any atom is -0.507 e. The zero-order valence-electron chi connectivity index (χ0n) is 12.9. The number of nitro benzene ring substituents is 2. The molecule has 10 heteroatoms. The summed E-state index contributed by atoms with van der Waals surface area (Å²) in [5.74, 6) is -0.912. The quantitative estimate of drug-likeness (QED) is 0.483. The molecule has 10 nitrogen and oxygen atoms in total. The fourth-order valence-electron chi connectivity index (χ4n) is 1.94. The van der Waals surface area contributed by atoms with Crippen LogP contribution in [-0.4, -0.2) is 27.1 Å². The lowest BCUT2D eigenvalue weighted by Gasteiger charge is -2.02. The molecule has 0 aliphatic rings. The standard InChI is InChI=1S/C15H12N4O6/c1-9-2-3-14(20)11(4-9)8-16-17-15(21)10-5-12(18(22)23)7-13(6-10)19(24)25/h2-8,20H,1H3,(H,17,21)/b16-8-. The van der Waals surface area contributed by atoms with E-state index in [0.717, 1.165) is 23.8 Å². The van der Waals surface area contributed by atoms with Crippen LogP contribution in [0.15, 0.2) is 41.5 Å². The maximum absolute atomic E-state index is 12.0. The number of hydrazone groups is 1. The molecule has 0 heterocycles. The molecule has 0 bridgehead atoms. The Kier molecular flexibility index (Phi) is 5.03. The number of phenolic OH excluding ortho intramolecular Hbond substituents is 1. The third-order valence-corrected chi connectivity index (χ3v) is 3.14. The number of aromatic hydroxyl groups is 1. The zero-order chi connectivity index (χ0) is 18.6. The van der Waals surface area contributed by atoms with Crippen LogP contribution >= 0.6 is 0 Å². The van der Waals surface area contributed by atoms with Gasteiger partial charge in [-0.05, 0) is 19.1 Å². The van der Waals surface area contributed by atoms with Gasteiger partial charge in [0, 0.05) is 17.7 Å². The molecular weight excluding hydrogens is 332 g/mol. The molecule has 1 amide bonds. The molecule has 2 N–H and O–H groups in total. The molecule has 0 unspecified atom stereocenters. The Morgan fingerprint density at radius 2 is 1.72 bits per heavy atom. The van der Waals surface area contributed by atoms with Crippen LogP contribution in [0.1, 0.15) is 21.5 Å². The van der Waals surface area contributed by atoms with E-state index < -0.39 is 27.1 Å². The highest BCUT2D eigenvalue weighted by atomic mass is 16.6. The van der Waals surface area contributed by atoms with Gasteiger partial charge in [-0.15, -0.1) is 0 Å². The average Bonchev–Trinajstić information content (AvgIpc) is 2.57. The van der Waals surface area contributed by atoms with E-state index in [1.807, 2.05) is 0 Å². The van der Waals surface area contributed by atoms with Gasteiger partial charge in [0.15, 0.2) is 0 Å². The van der Waals surface area contributed by atoms with Gasteiger partial charge in [-0.2, -0.15) is 5.10 Å². The third kappa shape index (κ3) is 4.34. The van der Waals surface area contributed by atoms with Crippen molar-refractivity contribution in [2.24, 2.45) is 5.10 Å². The molecule has 128 valence electrons. The fraction of sp³-hybridized carbons (Fsp3) is 0.0667. The minimum absolute atomic E-state index is 0.0467. The first-order chi connectivity index (χ1) is 11.8. The zero-order valence-corrected chi connectivity index (χ0v) is 12.9. The van der Waals surface area contributed by atoms with E-state index in [9.17, 15) is 30.1 Å². The maximum Gasteiger partial charge on any atom is 0.277 e. The third-order valence-electron chi connectivity index (χ3n) is 3.14. The lowest BCUT2D eigenvalue weighted by atomic mass is 10.1. The summed E-state index contributed by atoms with van der Waals surface area (Å²) in [4.78, 5) is 32.0. The Labute approximate surface area is 140 Å². The monoisotopic (exact) mass is 344 g/mol. The number of aryl methyl sites for hydroxylation is 1. The van der Waals surface area contributed by atoms with Crippen molar-refractivity contribution in [1.82, 2.24) is 5.43 Å². The van der Waals surface area contributed by atoms with Crippen LogP contribution in [0.5, 0.6) is 5.75 Å². The molecule has 0 fully saturated rings. The molecule has 2 aromatic carbocycles. The molecule has 2 rings (SSSR count). The first-order valence-electron chi connectivity index (χ1n) is 6.85. The number of non-ortho nitro benzene ring substituents is 2. The molecule has 0 atom stereocenters. The summed E-state index contributed by atoms with van der Waals surface area (Å²) in [5.41, 5.74) is 1.86. The summed E-state index contributed by atoms with van der Waals surface area (Å²) >= 11 is 0. The van der Waals surface area contributed by atoms with E-state index in [1.165, 1.54) is 12.3 Å². The Morgan fingerprint density at radius 1 is 1.12 bits per heavy atom. The highest BCUT2D eigenvalue weighted by Gasteiger charge is 2.19. The van der Waals surface area contributed by atoms with E-state index in [-0.39, 0.29) is 11.3 Å². The molecule has 0 saturated heterocycles. The SMILES string of the molecule is Cc1ccc(O)c(/C=N\NC(=O)c2cc([N+](=O)[O-])cc([N+](=O)[O-])c2)c1. The number of nitro groups is 2. The number of nitrogens with one attached hydrogen (secondary N) is 1. The van der Waals surface area contributed by atoms with Crippen LogP contribution in [0.4, 0.5) is 11.4 Å².